The molecule has 0 spiro atoms. The van der Waals surface area contributed by atoms with Gasteiger partial charge < -0.3 is 10.1 Å². The number of esters is 1. The van der Waals surface area contributed by atoms with Crippen molar-refractivity contribution < 1.29 is 9.53 Å². The van der Waals surface area contributed by atoms with E-state index in [0.29, 0.717) is 6.42 Å². The third-order valence-corrected chi connectivity index (χ3v) is 4.38. The van der Waals surface area contributed by atoms with E-state index in [2.05, 4.69) is 49.5 Å². The summed E-state index contributed by atoms with van der Waals surface area (Å²) in [6, 6.07) is 12.6. The molecule has 2 aromatic rings. The van der Waals surface area contributed by atoms with E-state index in [1.54, 1.807) is 0 Å². The zero-order chi connectivity index (χ0) is 15.5. The molecular formula is C18H23NO2. The number of benzene rings is 2. The van der Waals surface area contributed by atoms with Gasteiger partial charge in [0.15, 0.2) is 0 Å². The maximum atomic E-state index is 11.4. The first-order valence-corrected chi connectivity index (χ1v) is 7.31. The number of methoxy groups -OCH3 is 1. The molecule has 1 atom stereocenters. The van der Waals surface area contributed by atoms with Gasteiger partial charge in [0.25, 0.3) is 0 Å². The normalized spacial score (nSPS) is 13.9. The largest absolute Gasteiger partial charge is 0.469 e. The second-order valence-electron chi connectivity index (χ2n) is 5.58. The molecule has 0 saturated carbocycles. The third kappa shape index (κ3) is 3.24. The minimum absolute atomic E-state index is 0.0352. The van der Waals surface area contributed by atoms with Gasteiger partial charge >= 0.3 is 5.97 Å². The molecule has 0 bridgehead atoms. The maximum absolute atomic E-state index is 11.4. The summed E-state index contributed by atoms with van der Waals surface area (Å²) in [7, 11) is 3.41. The zero-order valence-corrected chi connectivity index (χ0v) is 13.2. The average molecular weight is 285 g/mol. The molecule has 0 aliphatic rings. The van der Waals surface area contributed by atoms with Crippen LogP contribution in [0.4, 0.5) is 0 Å². The number of carbonyl (C=O) groups is 1. The molecule has 2 aromatic carbocycles. The molecule has 0 amide bonds. The number of ether oxygens (including phenoxy) is 1. The molecule has 0 aliphatic carbocycles. The highest BCUT2D eigenvalue weighted by atomic mass is 16.5. The van der Waals surface area contributed by atoms with E-state index in [4.69, 9.17) is 4.74 Å². The van der Waals surface area contributed by atoms with Gasteiger partial charge in [-0.2, -0.15) is 0 Å². The summed E-state index contributed by atoms with van der Waals surface area (Å²) in [5.41, 5.74) is 2.20. The van der Waals surface area contributed by atoms with Crippen molar-refractivity contribution in [1.29, 1.82) is 0 Å². The summed E-state index contributed by atoms with van der Waals surface area (Å²) >= 11 is 0. The number of hydrogen-bond acceptors (Lipinski definition) is 3. The van der Waals surface area contributed by atoms with Gasteiger partial charge in [-0.1, -0.05) is 37.3 Å². The maximum Gasteiger partial charge on any atom is 0.309 e. The Balaban J connectivity index is 2.43. The highest BCUT2D eigenvalue weighted by Crippen LogP contribution is 2.28. The molecule has 3 heteroatoms. The minimum Gasteiger partial charge on any atom is -0.469 e. The Morgan fingerprint density at radius 2 is 1.90 bits per heavy atom. The summed E-state index contributed by atoms with van der Waals surface area (Å²) in [5.74, 6) is -0.209. The fourth-order valence-electron chi connectivity index (χ4n) is 2.51. The summed E-state index contributed by atoms with van der Waals surface area (Å²) < 4.78 is 4.73. The molecule has 0 heterocycles. The van der Waals surface area contributed by atoms with Gasteiger partial charge in [0, 0.05) is 5.54 Å². The highest BCUT2D eigenvalue weighted by molar-refractivity contribution is 5.85. The third-order valence-electron chi connectivity index (χ3n) is 4.38. The van der Waals surface area contributed by atoms with Gasteiger partial charge in [-0.05, 0) is 48.4 Å². The van der Waals surface area contributed by atoms with Crippen LogP contribution in [0.3, 0.4) is 0 Å². The van der Waals surface area contributed by atoms with Gasteiger partial charge in [-0.15, -0.1) is 0 Å². The van der Waals surface area contributed by atoms with Crippen LogP contribution in [0.2, 0.25) is 0 Å². The van der Waals surface area contributed by atoms with Gasteiger partial charge in [-0.3, -0.25) is 4.79 Å². The molecule has 0 radical (unpaired) electrons. The number of hydrogen-bond donors (Lipinski definition) is 1. The Morgan fingerprint density at radius 1 is 1.19 bits per heavy atom. The van der Waals surface area contributed by atoms with Crippen LogP contribution in [0.1, 0.15) is 31.4 Å². The van der Waals surface area contributed by atoms with Crippen LogP contribution in [0, 0.1) is 0 Å². The van der Waals surface area contributed by atoms with E-state index < -0.39 is 0 Å². The van der Waals surface area contributed by atoms with Crippen molar-refractivity contribution in [3.63, 3.8) is 0 Å². The van der Waals surface area contributed by atoms with Crippen molar-refractivity contribution in [3.05, 3.63) is 47.5 Å². The summed E-state index contributed by atoms with van der Waals surface area (Å²) in [5, 5.41) is 5.73. The predicted octanol–water partition coefficient (Wildman–Crippen LogP) is 3.40. The van der Waals surface area contributed by atoms with Crippen molar-refractivity contribution in [2.24, 2.45) is 0 Å². The molecule has 112 valence electrons. The molecule has 0 saturated heterocycles. The lowest BCUT2D eigenvalue weighted by molar-refractivity contribution is -0.139. The van der Waals surface area contributed by atoms with Crippen LogP contribution in [-0.2, 0) is 21.5 Å². The van der Waals surface area contributed by atoms with Crippen LogP contribution in [-0.4, -0.2) is 20.1 Å². The van der Waals surface area contributed by atoms with E-state index in [9.17, 15) is 4.79 Å². The SMILES string of the molecule is CCC(C)(NC)c1ccc2ccc(CC(=O)OC)cc2c1. The van der Waals surface area contributed by atoms with Crippen molar-refractivity contribution in [3.8, 4) is 0 Å². The van der Waals surface area contributed by atoms with E-state index in [1.165, 1.54) is 18.1 Å². The summed E-state index contributed by atoms with van der Waals surface area (Å²) in [6.45, 7) is 4.38. The second-order valence-corrected chi connectivity index (χ2v) is 5.58. The van der Waals surface area contributed by atoms with Crippen LogP contribution < -0.4 is 5.32 Å². The fourth-order valence-corrected chi connectivity index (χ4v) is 2.51. The Bertz CT molecular complexity index is 645. The van der Waals surface area contributed by atoms with Crippen molar-refractivity contribution in [1.82, 2.24) is 5.32 Å². The Hall–Kier alpha value is -1.87. The first kappa shape index (κ1) is 15.5. The lowest BCUT2D eigenvalue weighted by Crippen LogP contribution is -2.35. The lowest BCUT2D eigenvalue weighted by atomic mass is 9.88. The molecular weight excluding hydrogens is 262 g/mol. The van der Waals surface area contributed by atoms with Crippen molar-refractivity contribution >= 4 is 16.7 Å². The first-order chi connectivity index (χ1) is 10.0. The van der Waals surface area contributed by atoms with Gasteiger partial charge in [-0.25, -0.2) is 0 Å². The predicted molar refractivity (Wildman–Crippen MR) is 86.4 cm³/mol. The van der Waals surface area contributed by atoms with Crippen molar-refractivity contribution in [2.45, 2.75) is 32.2 Å². The molecule has 0 aromatic heterocycles. The van der Waals surface area contributed by atoms with Gasteiger partial charge in [0.1, 0.15) is 0 Å². The zero-order valence-electron chi connectivity index (χ0n) is 13.2. The van der Waals surface area contributed by atoms with Crippen LogP contribution in [0.25, 0.3) is 10.8 Å². The molecule has 2 rings (SSSR count). The number of fused-ring (bicyclic) bond motifs is 1. The minimum atomic E-state index is -0.209. The summed E-state index contributed by atoms with van der Waals surface area (Å²) in [6.07, 6.45) is 1.32. The van der Waals surface area contributed by atoms with E-state index in [-0.39, 0.29) is 11.5 Å². The van der Waals surface area contributed by atoms with Gasteiger partial charge in [0.2, 0.25) is 0 Å². The molecule has 1 N–H and O–H groups in total. The van der Waals surface area contributed by atoms with Gasteiger partial charge in [0.05, 0.1) is 13.5 Å². The fraction of sp³-hybridized carbons (Fsp3) is 0.389. The number of nitrogens with one attached hydrogen (secondary N) is 1. The highest BCUT2D eigenvalue weighted by Gasteiger charge is 2.21. The van der Waals surface area contributed by atoms with Crippen LogP contribution in [0.15, 0.2) is 36.4 Å². The number of carbonyl (C=O) groups excluding carboxylic acids is 1. The standard InChI is InChI=1S/C18H23NO2/c1-5-18(2,19-3)16-9-8-14-7-6-13(10-15(14)12-16)11-17(20)21-4/h6-10,12,19H,5,11H2,1-4H3. The molecule has 3 nitrogen and oxygen atoms in total. The Labute approximate surface area is 126 Å². The van der Waals surface area contributed by atoms with E-state index in [1.807, 2.05) is 13.1 Å². The molecule has 0 fully saturated rings. The molecule has 1 unspecified atom stereocenters. The Morgan fingerprint density at radius 3 is 2.52 bits per heavy atom. The Kier molecular flexibility index (Phi) is 4.63. The molecule has 0 aliphatic heterocycles. The smallest absolute Gasteiger partial charge is 0.309 e. The van der Waals surface area contributed by atoms with E-state index in [0.717, 1.165) is 17.4 Å². The topological polar surface area (TPSA) is 38.3 Å². The quantitative estimate of drug-likeness (QED) is 0.856. The summed E-state index contributed by atoms with van der Waals surface area (Å²) in [4.78, 5) is 11.4. The first-order valence-electron chi connectivity index (χ1n) is 7.31. The lowest BCUT2D eigenvalue weighted by Gasteiger charge is -2.28. The van der Waals surface area contributed by atoms with Crippen LogP contribution in [0.5, 0.6) is 0 Å². The second kappa shape index (κ2) is 6.27. The number of rotatable bonds is 5. The van der Waals surface area contributed by atoms with Crippen LogP contribution >= 0.6 is 0 Å². The molecule has 21 heavy (non-hydrogen) atoms. The van der Waals surface area contributed by atoms with Crippen molar-refractivity contribution in [2.75, 3.05) is 14.2 Å². The van der Waals surface area contributed by atoms with E-state index >= 15 is 0 Å². The average Bonchev–Trinajstić information content (AvgIpc) is 2.53. The monoisotopic (exact) mass is 285 g/mol.